The lowest BCUT2D eigenvalue weighted by molar-refractivity contribution is 0.161. The van der Waals surface area contributed by atoms with Crippen molar-refractivity contribution in [2.24, 2.45) is 0 Å². The number of aryl methyl sites for hydroxylation is 1. The van der Waals surface area contributed by atoms with E-state index in [1.54, 1.807) is 6.07 Å². The van der Waals surface area contributed by atoms with Crippen molar-refractivity contribution in [1.82, 2.24) is 5.48 Å². The maximum Gasteiger partial charge on any atom is 0.144 e. The normalized spacial score (nSPS) is 10.5. The summed E-state index contributed by atoms with van der Waals surface area (Å²) in [5.41, 5.74) is 3.34. The summed E-state index contributed by atoms with van der Waals surface area (Å²) in [6.45, 7) is 2.12. The van der Waals surface area contributed by atoms with Crippen LogP contribution in [-0.2, 0) is 13.0 Å². The summed E-state index contributed by atoms with van der Waals surface area (Å²) in [5.74, 6) is -0.370. The van der Waals surface area contributed by atoms with Crippen LogP contribution in [-0.4, -0.2) is 5.21 Å². The number of rotatable bonds is 3. The van der Waals surface area contributed by atoms with Crippen LogP contribution in [0.4, 0.5) is 4.39 Å². The van der Waals surface area contributed by atoms with E-state index >= 15 is 0 Å². The molecular weight excluding hydrogens is 193 g/mol. The minimum atomic E-state index is -0.370. The summed E-state index contributed by atoms with van der Waals surface area (Å²) in [7, 11) is 0. The Morgan fingerprint density at radius 3 is 2.77 bits per heavy atom. The van der Waals surface area contributed by atoms with Crippen molar-refractivity contribution in [3.63, 3.8) is 0 Å². The molecule has 13 heavy (non-hydrogen) atoms. The SMILES string of the molecule is CCc1cc(CNO)cc(Cl)c1F. The molecule has 0 radical (unpaired) electrons. The topological polar surface area (TPSA) is 32.3 Å². The van der Waals surface area contributed by atoms with Crippen molar-refractivity contribution in [3.8, 4) is 0 Å². The molecule has 0 bridgehead atoms. The first-order valence-corrected chi connectivity index (χ1v) is 4.40. The van der Waals surface area contributed by atoms with Gasteiger partial charge >= 0.3 is 0 Å². The average molecular weight is 204 g/mol. The summed E-state index contributed by atoms with van der Waals surface area (Å²) in [6, 6.07) is 3.18. The second-order valence-corrected chi connectivity index (χ2v) is 3.15. The zero-order chi connectivity index (χ0) is 9.84. The van der Waals surface area contributed by atoms with Crippen molar-refractivity contribution in [1.29, 1.82) is 0 Å². The largest absolute Gasteiger partial charge is 0.316 e. The molecule has 0 atom stereocenters. The number of halogens is 2. The van der Waals surface area contributed by atoms with Crippen LogP contribution in [0.15, 0.2) is 12.1 Å². The lowest BCUT2D eigenvalue weighted by Crippen LogP contribution is -2.07. The quantitative estimate of drug-likeness (QED) is 0.740. The zero-order valence-corrected chi connectivity index (χ0v) is 8.03. The van der Waals surface area contributed by atoms with E-state index in [1.807, 2.05) is 12.4 Å². The minimum Gasteiger partial charge on any atom is -0.316 e. The summed E-state index contributed by atoms with van der Waals surface area (Å²) in [4.78, 5) is 0. The highest BCUT2D eigenvalue weighted by Gasteiger charge is 2.07. The number of benzene rings is 1. The number of hydrogen-bond donors (Lipinski definition) is 2. The highest BCUT2D eigenvalue weighted by Crippen LogP contribution is 2.21. The first kappa shape index (κ1) is 10.4. The third kappa shape index (κ3) is 2.40. The molecule has 0 spiro atoms. The van der Waals surface area contributed by atoms with Gasteiger partial charge in [0, 0.05) is 6.54 Å². The molecule has 72 valence electrons. The van der Waals surface area contributed by atoms with Crippen molar-refractivity contribution in [2.75, 3.05) is 0 Å². The van der Waals surface area contributed by atoms with Crippen LogP contribution < -0.4 is 5.48 Å². The molecule has 0 saturated heterocycles. The molecular formula is C9H11ClFNO. The van der Waals surface area contributed by atoms with Crippen LogP contribution in [0.5, 0.6) is 0 Å². The standard InChI is InChI=1S/C9H11ClFNO/c1-2-7-3-6(5-12-13)4-8(10)9(7)11/h3-4,12-13H,2,5H2,1H3. The van der Waals surface area contributed by atoms with E-state index in [2.05, 4.69) is 0 Å². The molecule has 0 amide bonds. The Bertz CT molecular complexity index is 304. The molecule has 0 aliphatic heterocycles. The van der Waals surface area contributed by atoms with Gasteiger partial charge in [-0.25, -0.2) is 9.87 Å². The maximum atomic E-state index is 13.2. The first-order chi connectivity index (χ1) is 6.19. The molecule has 0 saturated carbocycles. The van der Waals surface area contributed by atoms with Gasteiger partial charge in [0.05, 0.1) is 5.02 Å². The van der Waals surface area contributed by atoms with Gasteiger partial charge in [-0.1, -0.05) is 24.6 Å². The van der Waals surface area contributed by atoms with Crippen LogP contribution in [0.25, 0.3) is 0 Å². The van der Waals surface area contributed by atoms with Crippen molar-refractivity contribution < 1.29 is 9.60 Å². The van der Waals surface area contributed by atoms with E-state index < -0.39 is 0 Å². The fraction of sp³-hybridized carbons (Fsp3) is 0.333. The van der Waals surface area contributed by atoms with Crippen molar-refractivity contribution >= 4 is 11.6 Å². The summed E-state index contributed by atoms with van der Waals surface area (Å²) in [6.07, 6.45) is 0.588. The third-order valence-electron chi connectivity index (χ3n) is 1.83. The molecule has 0 aliphatic rings. The third-order valence-corrected chi connectivity index (χ3v) is 2.10. The Kier molecular flexibility index (Phi) is 3.66. The van der Waals surface area contributed by atoms with Crippen LogP contribution in [0, 0.1) is 5.82 Å². The lowest BCUT2D eigenvalue weighted by atomic mass is 10.1. The molecule has 2 N–H and O–H groups in total. The monoisotopic (exact) mass is 203 g/mol. The molecule has 0 unspecified atom stereocenters. The Balaban J connectivity index is 3.06. The fourth-order valence-corrected chi connectivity index (χ4v) is 1.42. The van der Waals surface area contributed by atoms with E-state index in [4.69, 9.17) is 16.8 Å². The van der Waals surface area contributed by atoms with E-state index in [0.717, 1.165) is 5.56 Å². The molecule has 2 nitrogen and oxygen atoms in total. The van der Waals surface area contributed by atoms with Crippen LogP contribution in [0.2, 0.25) is 5.02 Å². The van der Waals surface area contributed by atoms with E-state index in [1.165, 1.54) is 6.07 Å². The van der Waals surface area contributed by atoms with E-state index in [9.17, 15) is 4.39 Å². The molecule has 0 heterocycles. The molecule has 0 aliphatic carbocycles. The Labute approximate surface area is 81.3 Å². The Hall–Kier alpha value is -0.640. The number of hydrogen-bond acceptors (Lipinski definition) is 2. The molecule has 1 aromatic rings. The van der Waals surface area contributed by atoms with Crippen molar-refractivity contribution in [3.05, 3.63) is 34.1 Å². The highest BCUT2D eigenvalue weighted by atomic mass is 35.5. The fourth-order valence-electron chi connectivity index (χ4n) is 1.16. The minimum absolute atomic E-state index is 0.101. The van der Waals surface area contributed by atoms with Gasteiger partial charge in [-0.3, -0.25) is 0 Å². The average Bonchev–Trinajstić information content (AvgIpc) is 2.11. The molecule has 0 fully saturated rings. The van der Waals surface area contributed by atoms with Gasteiger partial charge < -0.3 is 5.21 Å². The van der Waals surface area contributed by atoms with Gasteiger partial charge in [-0.2, -0.15) is 0 Å². The van der Waals surface area contributed by atoms with Gasteiger partial charge in [0.1, 0.15) is 5.82 Å². The predicted octanol–water partition coefficient (Wildman–Crippen LogP) is 2.52. The zero-order valence-electron chi connectivity index (χ0n) is 7.27. The molecule has 0 aromatic heterocycles. The second kappa shape index (κ2) is 4.56. The maximum absolute atomic E-state index is 13.2. The van der Waals surface area contributed by atoms with Crippen LogP contribution in [0.3, 0.4) is 0 Å². The van der Waals surface area contributed by atoms with Gasteiger partial charge in [0.15, 0.2) is 0 Å². The van der Waals surface area contributed by atoms with E-state index in [-0.39, 0.29) is 17.4 Å². The number of hydroxylamine groups is 1. The van der Waals surface area contributed by atoms with Gasteiger partial charge in [-0.15, -0.1) is 0 Å². The lowest BCUT2D eigenvalue weighted by Gasteiger charge is -2.05. The second-order valence-electron chi connectivity index (χ2n) is 2.74. The Morgan fingerprint density at radius 1 is 1.54 bits per heavy atom. The van der Waals surface area contributed by atoms with Crippen LogP contribution in [0.1, 0.15) is 18.1 Å². The molecule has 1 rings (SSSR count). The summed E-state index contributed by atoms with van der Waals surface area (Å²) in [5, 5.41) is 8.56. The Morgan fingerprint density at radius 2 is 2.23 bits per heavy atom. The predicted molar refractivity (Wildman–Crippen MR) is 49.4 cm³/mol. The summed E-state index contributed by atoms with van der Waals surface area (Å²) < 4.78 is 13.2. The van der Waals surface area contributed by atoms with Crippen LogP contribution >= 0.6 is 11.6 Å². The number of nitrogens with one attached hydrogen (secondary N) is 1. The van der Waals surface area contributed by atoms with Gasteiger partial charge in [-0.05, 0) is 23.6 Å². The summed E-state index contributed by atoms with van der Waals surface area (Å²) >= 11 is 5.65. The first-order valence-electron chi connectivity index (χ1n) is 4.02. The van der Waals surface area contributed by atoms with Gasteiger partial charge in [0.2, 0.25) is 0 Å². The van der Waals surface area contributed by atoms with E-state index in [0.29, 0.717) is 12.0 Å². The van der Waals surface area contributed by atoms with Gasteiger partial charge in [0.25, 0.3) is 0 Å². The molecule has 1 aromatic carbocycles. The van der Waals surface area contributed by atoms with Crippen molar-refractivity contribution in [2.45, 2.75) is 19.9 Å². The molecule has 4 heteroatoms. The smallest absolute Gasteiger partial charge is 0.144 e. The highest BCUT2D eigenvalue weighted by molar-refractivity contribution is 6.30.